The van der Waals surface area contributed by atoms with Gasteiger partial charge in [0.15, 0.2) is 0 Å². The maximum absolute atomic E-state index is 13.1. The molecule has 38 heavy (non-hydrogen) atoms. The Hall–Kier alpha value is -2.65. The average Bonchev–Trinajstić information content (AvgIpc) is 3.08. The van der Waals surface area contributed by atoms with Crippen LogP contribution in [-0.2, 0) is 24.1 Å². The third kappa shape index (κ3) is 7.26. The number of amides is 1. The van der Waals surface area contributed by atoms with Crippen LogP contribution in [0.5, 0.6) is 0 Å². The van der Waals surface area contributed by atoms with Crippen LogP contribution >= 0.6 is 11.6 Å². The molecule has 12 heteroatoms. The molecule has 3 aromatic rings. The number of aromatic nitrogens is 2. The van der Waals surface area contributed by atoms with Crippen molar-refractivity contribution in [2.24, 2.45) is 5.73 Å². The van der Waals surface area contributed by atoms with Crippen molar-refractivity contribution in [1.29, 1.82) is 0 Å². The summed E-state index contributed by atoms with van der Waals surface area (Å²) < 4.78 is 45.9. The van der Waals surface area contributed by atoms with Crippen molar-refractivity contribution in [3.8, 4) is 0 Å². The first-order valence-corrected chi connectivity index (χ1v) is 14.2. The molecule has 0 saturated carbocycles. The van der Waals surface area contributed by atoms with Gasteiger partial charge in [-0.05, 0) is 0 Å². The van der Waals surface area contributed by atoms with Crippen LogP contribution in [0.3, 0.4) is 0 Å². The van der Waals surface area contributed by atoms with Gasteiger partial charge in [0, 0.05) is 0 Å². The Morgan fingerprint density at radius 3 is 2.66 bits per heavy atom. The first-order valence-electron chi connectivity index (χ1n) is 11.9. The van der Waals surface area contributed by atoms with Gasteiger partial charge in [0.05, 0.1) is 0 Å². The molecule has 0 saturated heterocycles. The topological polar surface area (TPSA) is 93.4 Å². The van der Waals surface area contributed by atoms with E-state index in [1.807, 2.05) is 23.1 Å². The predicted octanol–water partition coefficient (Wildman–Crippen LogP) is 2.47. The third-order valence-corrected chi connectivity index (χ3v) is 8.62. The van der Waals surface area contributed by atoms with Gasteiger partial charge in [-0.25, -0.2) is 0 Å². The summed E-state index contributed by atoms with van der Waals surface area (Å²) >= 11 is 5.76. The van der Waals surface area contributed by atoms with Crippen molar-refractivity contribution >= 4 is 48.0 Å². The minimum absolute atomic E-state index is 0.176. The summed E-state index contributed by atoms with van der Waals surface area (Å²) in [5.74, 6) is -0.0407. The van der Waals surface area contributed by atoms with E-state index in [4.69, 9.17) is 17.3 Å². The van der Waals surface area contributed by atoms with Crippen molar-refractivity contribution in [2.75, 3.05) is 32.1 Å². The first-order chi connectivity index (χ1) is 18.1. The molecule has 0 aliphatic carbocycles. The fraction of sp³-hybridized carbons (Fsp3) is 0.346. The van der Waals surface area contributed by atoms with Gasteiger partial charge in [0.25, 0.3) is 0 Å². The first kappa shape index (κ1) is 28.4. The van der Waals surface area contributed by atoms with Crippen LogP contribution in [0.25, 0.3) is 0 Å². The molecular formula is C26H27AsClF3N5O2. The summed E-state index contributed by atoms with van der Waals surface area (Å²) in [4.78, 5) is 22.5. The van der Waals surface area contributed by atoms with Crippen LogP contribution in [0.4, 0.5) is 19.0 Å². The molecule has 4 rings (SSSR count). The number of nitrogens with zero attached hydrogens (tertiary/aromatic N) is 3. The number of halogens is 4. The summed E-state index contributed by atoms with van der Waals surface area (Å²) in [6.07, 6.45) is -3.29. The van der Waals surface area contributed by atoms with Crippen LogP contribution in [0.15, 0.2) is 48.7 Å². The summed E-state index contributed by atoms with van der Waals surface area (Å²) in [5.41, 5.74) is 8.91. The van der Waals surface area contributed by atoms with E-state index in [9.17, 15) is 18.0 Å². The number of benzene rings is 2. The zero-order valence-electron chi connectivity index (χ0n) is 20.6. The van der Waals surface area contributed by atoms with Gasteiger partial charge in [-0.1, -0.05) is 0 Å². The second kappa shape index (κ2) is 12.5. The summed E-state index contributed by atoms with van der Waals surface area (Å²) in [6.45, 7) is 1.22. The van der Waals surface area contributed by atoms with Gasteiger partial charge in [0.2, 0.25) is 0 Å². The average molecular weight is 609 g/mol. The number of primary amides is 1. The van der Waals surface area contributed by atoms with Crippen LogP contribution in [0, 0.1) is 0 Å². The van der Waals surface area contributed by atoms with Gasteiger partial charge >= 0.3 is 231 Å². The Kier molecular flexibility index (Phi) is 9.31. The maximum atomic E-state index is 13.1. The molecule has 1 amide bonds. The number of nitrogens with two attached hydrogens (primary N) is 1. The summed E-state index contributed by atoms with van der Waals surface area (Å²) in [7, 11) is 1.10. The van der Waals surface area contributed by atoms with Crippen molar-refractivity contribution in [2.45, 2.75) is 31.7 Å². The van der Waals surface area contributed by atoms with Crippen LogP contribution < -0.4 is 20.0 Å². The molecule has 2 aromatic carbocycles. The standard InChI is InChI=1S/C26H27AsClF3N5O2/c1-38-22(26(29,30)31)15-36-10-8-16-6-7-19(12-17(16)9-11-36)27-25-34-14-21(28)24(35-25)33-13-18-4-2-3-5-20(18)23(32)37/h2-7,12,14,22H,8-11,13,15H2,1H3,(H2,32,37)(H,33,34,35). The van der Waals surface area contributed by atoms with Crippen molar-refractivity contribution < 1.29 is 22.7 Å². The molecule has 3 N–H and O–H groups in total. The molecule has 2 heterocycles. The molecule has 0 bridgehead atoms. The molecule has 1 radical (unpaired) electrons. The van der Waals surface area contributed by atoms with Crippen LogP contribution in [0.1, 0.15) is 27.0 Å². The summed E-state index contributed by atoms with van der Waals surface area (Å²) in [5, 5.41) is 3.54. The van der Waals surface area contributed by atoms with Gasteiger partial charge in [-0.3, -0.25) is 0 Å². The Bertz CT molecular complexity index is 1290. The van der Waals surface area contributed by atoms with Crippen molar-refractivity contribution in [3.63, 3.8) is 0 Å². The molecule has 1 atom stereocenters. The Labute approximate surface area is 230 Å². The fourth-order valence-corrected chi connectivity index (χ4v) is 6.28. The van der Waals surface area contributed by atoms with E-state index >= 15 is 0 Å². The molecule has 0 fully saturated rings. The van der Waals surface area contributed by atoms with Crippen molar-refractivity contribution in [3.05, 3.63) is 75.9 Å². The van der Waals surface area contributed by atoms with Crippen molar-refractivity contribution in [1.82, 2.24) is 14.9 Å². The number of hydrogen-bond donors (Lipinski definition) is 2. The van der Waals surface area contributed by atoms with E-state index in [0.717, 1.165) is 28.2 Å². The SMILES string of the molecule is COC(CN1CCc2ccc([As]c3ncc(Cl)c(NCc4ccccc4C(N)=O)n3)cc2CC1)C(F)(F)F. The molecule has 1 aromatic heterocycles. The Balaban J connectivity index is 1.42. The molecule has 7 nitrogen and oxygen atoms in total. The molecular weight excluding hydrogens is 582 g/mol. The van der Waals surface area contributed by atoms with E-state index in [2.05, 4.69) is 32.2 Å². The fourth-order valence-electron chi connectivity index (χ4n) is 4.30. The van der Waals surface area contributed by atoms with E-state index < -0.39 is 33.9 Å². The number of hydrogen-bond acceptors (Lipinski definition) is 6. The number of alkyl halides is 3. The number of ether oxygens (including phenoxy) is 1. The quantitative estimate of drug-likeness (QED) is 0.363. The van der Waals surface area contributed by atoms with E-state index in [0.29, 0.717) is 53.5 Å². The second-order valence-corrected chi connectivity index (χ2v) is 11.7. The van der Waals surface area contributed by atoms with Crippen LogP contribution in [-0.4, -0.2) is 75.6 Å². The Morgan fingerprint density at radius 2 is 1.95 bits per heavy atom. The number of nitrogens with one attached hydrogen (secondary N) is 1. The Morgan fingerprint density at radius 1 is 1.21 bits per heavy atom. The number of fused-ring (bicyclic) bond motifs is 1. The molecule has 1 unspecified atom stereocenters. The van der Waals surface area contributed by atoms with Gasteiger partial charge < -0.3 is 0 Å². The van der Waals surface area contributed by atoms with Crippen LogP contribution in [0.2, 0.25) is 5.02 Å². The number of rotatable bonds is 9. The number of carbonyl (C=O) groups excluding carboxylic acids is 1. The normalized spacial score (nSPS) is 15.3. The zero-order chi connectivity index (χ0) is 27.3. The number of methoxy groups -OCH3 is 1. The van der Waals surface area contributed by atoms with E-state index in [1.54, 1.807) is 18.3 Å². The van der Waals surface area contributed by atoms with Gasteiger partial charge in [-0.2, -0.15) is 0 Å². The minimum atomic E-state index is -4.39. The van der Waals surface area contributed by atoms with E-state index in [-0.39, 0.29) is 6.54 Å². The molecule has 1 aliphatic rings. The summed E-state index contributed by atoms with van der Waals surface area (Å²) in [6, 6.07) is 13.3. The monoisotopic (exact) mass is 608 g/mol. The predicted molar refractivity (Wildman–Crippen MR) is 141 cm³/mol. The van der Waals surface area contributed by atoms with Gasteiger partial charge in [-0.15, -0.1) is 0 Å². The number of carbonyl (C=O) groups is 1. The van der Waals surface area contributed by atoms with E-state index in [1.165, 1.54) is 0 Å². The second-order valence-electron chi connectivity index (χ2n) is 8.87. The zero-order valence-corrected chi connectivity index (χ0v) is 23.3. The molecule has 201 valence electrons. The number of anilines is 1. The third-order valence-electron chi connectivity index (χ3n) is 6.35. The van der Waals surface area contributed by atoms with Gasteiger partial charge in [0.1, 0.15) is 0 Å². The molecule has 1 aliphatic heterocycles. The molecule has 0 spiro atoms.